The van der Waals surface area contributed by atoms with Crippen LogP contribution in [0.15, 0.2) is 48.5 Å². The lowest BCUT2D eigenvalue weighted by Crippen LogP contribution is -2.37. The topological polar surface area (TPSA) is 79.0 Å². The molecule has 0 spiro atoms. The standard InChI is InChI=1S/C22H25N3O4/c1-16(26)23-19-6-3-5-18(15-19)22(28)25-12-4-11-24(13-14-25)21(27)17-7-9-20(29-2)10-8-17/h3,5-10,15H,4,11-14H2,1-2H3,(H,23,26). The van der Waals surface area contributed by atoms with E-state index in [9.17, 15) is 14.4 Å². The molecule has 1 aliphatic rings. The van der Waals surface area contributed by atoms with Crippen molar-refractivity contribution in [2.45, 2.75) is 13.3 Å². The summed E-state index contributed by atoms with van der Waals surface area (Å²) in [5, 5.41) is 2.69. The molecule has 0 radical (unpaired) electrons. The van der Waals surface area contributed by atoms with E-state index in [1.165, 1.54) is 6.92 Å². The van der Waals surface area contributed by atoms with Crippen molar-refractivity contribution in [2.24, 2.45) is 0 Å². The molecule has 0 atom stereocenters. The summed E-state index contributed by atoms with van der Waals surface area (Å²) in [4.78, 5) is 40.5. The Morgan fingerprint density at radius 2 is 1.48 bits per heavy atom. The Morgan fingerprint density at radius 1 is 0.862 bits per heavy atom. The van der Waals surface area contributed by atoms with Crippen molar-refractivity contribution in [3.05, 3.63) is 59.7 Å². The normalized spacial score (nSPS) is 14.1. The molecule has 1 saturated heterocycles. The molecule has 7 nitrogen and oxygen atoms in total. The summed E-state index contributed by atoms with van der Waals surface area (Å²) >= 11 is 0. The lowest BCUT2D eigenvalue weighted by molar-refractivity contribution is -0.114. The van der Waals surface area contributed by atoms with Gasteiger partial charge in [-0.1, -0.05) is 6.07 Å². The Balaban J connectivity index is 1.65. The summed E-state index contributed by atoms with van der Waals surface area (Å²) in [5.41, 5.74) is 1.72. The summed E-state index contributed by atoms with van der Waals surface area (Å²) < 4.78 is 5.13. The number of nitrogens with zero attached hydrogens (tertiary/aromatic N) is 2. The number of methoxy groups -OCH3 is 1. The highest BCUT2D eigenvalue weighted by atomic mass is 16.5. The first-order chi connectivity index (χ1) is 14.0. The average Bonchev–Trinajstić information content (AvgIpc) is 2.99. The van der Waals surface area contributed by atoms with Crippen LogP contribution < -0.4 is 10.1 Å². The molecule has 0 bridgehead atoms. The first-order valence-corrected chi connectivity index (χ1v) is 9.58. The third-order valence-corrected chi connectivity index (χ3v) is 4.84. The van der Waals surface area contributed by atoms with Crippen molar-refractivity contribution in [1.82, 2.24) is 9.80 Å². The summed E-state index contributed by atoms with van der Waals surface area (Å²) in [6, 6.07) is 13.9. The molecule has 3 rings (SSSR count). The first-order valence-electron chi connectivity index (χ1n) is 9.58. The van der Waals surface area contributed by atoms with Crippen LogP contribution in [0.2, 0.25) is 0 Å². The Kier molecular flexibility index (Phi) is 6.49. The number of carbonyl (C=O) groups is 3. The van der Waals surface area contributed by atoms with Gasteiger partial charge >= 0.3 is 0 Å². The number of hydrogen-bond donors (Lipinski definition) is 1. The van der Waals surface area contributed by atoms with Crippen molar-refractivity contribution in [1.29, 1.82) is 0 Å². The second-order valence-electron chi connectivity index (χ2n) is 6.93. The second kappa shape index (κ2) is 9.23. The molecule has 7 heteroatoms. The quantitative estimate of drug-likeness (QED) is 0.863. The zero-order chi connectivity index (χ0) is 20.8. The molecule has 1 fully saturated rings. The van der Waals surface area contributed by atoms with Gasteiger partial charge in [0.2, 0.25) is 5.91 Å². The molecule has 1 aliphatic heterocycles. The minimum absolute atomic E-state index is 0.0467. The van der Waals surface area contributed by atoms with Gasteiger partial charge in [-0.05, 0) is 48.9 Å². The van der Waals surface area contributed by atoms with Crippen LogP contribution in [0.4, 0.5) is 5.69 Å². The minimum Gasteiger partial charge on any atom is -0.497 e. The molecule has 1 N–H and O–H groups in total. The number of rotatable bonds is 4. The smallest absolute Gasteiger partial charge is 0.253 e. The number of benzene rings is 2. The molecule has 0 unspecified atom stereocenters. The lowest BCUT2D eigenvalue weighted by Gasteiger charge is -2.22. The number of ether oxygens (including phenoxy) is 1. The monoisotopic (exact) mass is 395 g/mol. The lowest BCUT2D eigenvalue weighted by atomic mass is 10.1. The molecule has 0 saturated carbocycles. The van der Waals surface area contributed by atoms with E-state index < -0.39 is 0 Å². The van der Waals surface area contributed by atoms with Crippen LogP contribution in [0.3, 0.4) is 0 Å². The fourth-order valence-corrected chi connectivity index (χ4v) is 3.36. The number of nitrogens with one attached hydrogen (secondary N) is 1. The van der Waals surface area contributed by atoms with Crippen LogP contribution >= 0.6 is 0 Å². The van der Waals surface area contributed by atoms with Crippen LogP contribution in [-0.4, -0.2) is 60.8 Å². The summed E-state index contributed by atoms with van der Waals surface area (Å²) in [6.45, 7) is 3.54. The van der Waals surface area contributed by atoms with E-state index in [0.29, 0.717) is 55.2 Å². The molecule has 3 amide bonds. The Labute approximate surface area is 170 Å². The summed E-state index contributed by atoms with van der Waals surface area (Å²) in [5.74, 6) is 0.373. The van der Waals surface area contributed by atoms with Gasteiger partial charge in [0.1, 0.15) is 5.75 Å². The minimum atomic E-state index is -0.183. The fourth-order valence-electron chi connectivity index (χ4n) is 3.36. The summed E-state index contributed by atoms with van der Waals surface area (Å²) in [6.07, 6.45) is 0.707. The molecule has 152 valence electrons. The number of hydrogen-bond acceptors (Lipinski definition) is 4. The number of anilines is 1. The molecular weight excluding hydrogens is 370 g/mol. The molecule has 2 aromatic carbocycles. The summed E-state index contributed by atoms with van der Waals surface area (Å²) in [7, 11) is 1.59. The van der Waals surface area contributed by atoms with Crippen LogP contribution in [0, 0.1) is 0 Å². The van der Waals surface area contributed by atoms with Crippen LogP contribution in [-0.2, 0) is 4.79 Å². The molecule has 0 aliphatic carbocycles. The zero-order valence-corrected chi connectivity index (χ0v) is 16.7. The molecule has 0 aromatic heterocycles. The highest BCUT2D eigenvalue weighted by Crippen LogP contribution is 2.17. The predicted molar refractivity (Wildman–Crippen MR) is 110 cm³/mol. The third-order valence-electron chi connectivity index (χ3n) is 4.84. The number of amides is 3. The zero-order valence-electron chi connectivity index (χ0n) is 16.7. The van der Waals surface area contributed by atoms with Crippen molar-refractivity contribution >= 4 is 23.4 Å². The number of carbonyl (C=O) groups excluding carboxylic acids is 3. The van der Waals surface area contributed by atoms with E-state index in [-0.39, 0.29) is 17.7 Å². The van der Waals surface area contributed by atoms with Crippen molar-refractivity contribution < 1.29 is 19.1 Å². The van der Waals surface area contributed by atoms with E-state index in [4.69, 9.17) is 4.74 Å². The maximum atomic E-state index is 12.9. The van der Waals surface area contributed by atoms with Crippen molar-refractivity contribution in [3.63, 3.8) is 0 Å². The molecule has 2 aromatic rings. The van der Waals surface area contributed by atoms with Gasteiger partial charge < -0.3 is 19.9 Å². The second-order valence-corrected chi connectivity index (χ2v) is 6.93. The SMILES string of the molecule is COc1ccc(C(=O)N2CCCN(C(=O)c3cccc(NC(C)=O)c3)CC2)cc1. The first kappa shape index (κ1) is 20.4. The van der Waals surface area contributed by atoms with Crippen molar-refractivity contribution in [2.75, 3.05) is 38.6 Å². The van der Waals surface area contributed by atoms with E-state index in [1.54, 1.807) is 65.4 Å². The van der Waals surface area contributed by atoms with Gasteiger partial charge in [-0.2, -0.15) is 0 Å². The fraction of sp³-hybridized carbons (Fsp3) is 0.318. The Morgan fingerprint density at radius 3 is 2.07 bits per heavy atom. The maximum Gasteiger partial charge on any atom is 0.253 e. The van der Waals surface area contributed by atoms with Gasteiger partial charge in [-0.3, -0.25) is 14.4 Å². The molecular formula is C22H25N3O4. The predicted octanol–water partition coefficient (Wildman–Crippen LogP) is 2.64. The molecule has 1 heterocycles. The van der Waals surface area contributed by atoms with Crippen LogP contribution in [0.5, 0.6) is 5.75 Å². The van der Waals surface area contributed by atoms with Gasteiger partial charge in [0, 0.05) is 49.9 Å². The van der Waals surface area contributed by atoms with Gasteiger partial charge in [0.25, 0.3) is 11.8 Å². The van der Waals surface area contributed by atoms with E-state index in [2.05, 4.69) is 5.32 Å². The molecule has 29 heavy (non-hydrogen) atoms. The van der Waals surface area contributed by atoms with E-state index >= 15 is 0 Å². The van der Waals surface area contributed by atoms with Crippen molar-refractivity contribution in [3.8, 4) is 5.75 Å². The Bertz CT molecular complexity index is 895. The van der Waals surface area contributed by atoms with Crippen LogP contribution in [0.1, 0.15) is 34.1 Å². The van der Waals surface area contributed by atoms with Gasteiger partial charge in [0.15, 0.2) is 0 Å². The van der Waals surface area contributed by atoms with Gasteiger partial charge in [-0.25, -0.2) is 0 Å². The third kappa shape index (κ3) is 5.13. The maximum absolute atomic E-state index is 12.9. The van der Waals surface area contributed by atoms with E-state index in [0.717, 1.165) is 0 Å². The highest BCUT2D eigenvalue weighted by Gasteiger charge is 2.23. The van der Waals surface area contributed by atoms with E-state index in [1.807, 2.05) is 0 Å². The van der Waals surface area contributed by atoms with Gasteiger partial charge in [-0.15, -0.1) is 0 Å². The highest BCUT2D eigenvalue weighted by molar-refractivity contribution is 5.97. The Hall–Kier alpha value is -3.35. The van der Waals surface area contributed by atoms with Crippen LogP contribution in [0.25, 0.3) is 0 Å². The van der Waals surface area contributed by atoms with Gasteiger partial charge in [0.05, 0.1) is 7.11 Å². The largest absolute Gasteiger partial charge is 0.497 e. The average molecular weight is 395 g/mol.